The summed E-state index contributed by atoms with van der Waals surface area (Å²) in [6.45, 7) is -2.31. The van der Waals surface area contributed by atoms with E-state index in [0.29, 0.717) is 5.69 Å². The lowest BCUT2D eigenvalue weighted by Crippen LogP contribution is -2.41. The van der Waals surface area contributed by atoms with Gasteiger partial charge in [0.25, 0.3) is 0 Å². The van der Waals surface area contributed by atoms with E-state index in [-0.39, 0.29) is 6.54 Å². The Hall–Kier alpha value is -1.25. The molecule has 2 N–H and O–H groups in total. The highest BCUT2D eigenvalue weighted by Crippen LogP contribution is 2.24. The molecule has 1 amide bonds. The first-order chi connectivity index (χ1) is 9.85. The number of amides is 1. The molecule has 1 aromatic carbocycles. The lowest BCUT2D eigenvalue weighted by atomic mass is 10.3. The molecule has 0 atom stereocenters. The summed E-state index contributed by atoms with van der Waals surface area (Å²) in [5.74, 6) is -0.547. The van der Waals surface area contributed by atoms with Crippen LogP contribution in [0.2, 0.25) is 0 Å². The Kier molecular flexibility index (Phi) is 7.00. The number of nitrogens with one attached hydrogen (secondary N) is 1. The van der Waals surface area contributed by atoms with Crippen molar-refractivity contribution < 1.29 is 23.1 Å². The van der Waals surface area contributed by atoms with E-state index in [2.05, 4.69) is 5.32 Å². The number of hydrogen-bond acceptors (Lipinski definition) is 4. The van der Waals surface area contributed by atoms with E-state index in [4.69, 9.17) is 5.11 Å². The molecule has 0 aliphatic carbocycles. The van der Waals surface area contributed by atoms with E-state index >= 15 is 0 Å². The maximum absolute atomic E-state index is 12.4. The van der Waals surface area contributed by atoms with Crippen LogP contribution in [0.5, 0.6) is 0 Å². The molecule has 0 radical (unpaired) electrons. The first-order valence-electron chi connectivity index (χ1n) is 6.18. The molecule has 0 spiro atoms. The van der Waals surface area contributed by atoms with Crippen LogP contribution >= 0.6 is 11.8 Å². The van der Waals surface area contributed by atoms with Crippen molar-refractivity contribution in [3.05, 3.63) is 24.3 Å². The van der Waals surface area contributed by atoms with Gasteiger partial charge in [-0.15, -0.1) is 11.8 Å². The number of carbonyl (C=O) groups is 1. The van der Waals surface area contributed by atoms with E-state index in [1.54, 1.807) is 12.1 Å². The zero-order chi connectivity index (χ0) is 15.9. The van der Waals surface area contributed by atoms with Crippen LogP contribution in [0.1, 0.15) is 0 Å². The highest BCUT2D eigenvalue weighted by atomic mass is 32.2. The van der Waals surface area contributed by atoms with Crippen LogP contribution in [0.3, 0.4) is 0 Å². The molecule has 0 saturated heterocycles. The molecular weight excluding hydrogens is 305 g/mol. The number of thioether (sulfide) groups is 1. The minimum Gasteiger partial charge on any atom is -0.395 e. The van der Waals surface area contributed by atoms with Crippen molar-refractivity contribution in [1.29, 1.82) is 0 Å². The Balaban J connectivity index is 2.65. The van der Waals surface area contributed by atoms with Gasteiger partial charge >= 0.3 is 6.18 Å². The van der Waals surface area contributed by atoms with Crippen molar-refractivity contribution in [3.63, 3.8) is 0 Å². The second kappa shape index (κ2) is 8.26. The number of aliphatic hydroxyl groups excluding tert-OH is 1. The predicted molar refractivity (Wildman–Crippen MR) is 76.4 cm³/mol. The Bertz CT molecular complexity index is 469. The number of anilines is 1. The lowest BCUT2D eigenvalue weighted by molar-refractivity contribution is -0.148. The van der Waals surface area contributed by atoms with Crippen molar-refractivity contribution in [2.75, 3.05) is 37.8 Å². The number of hydrogen-bond donors (Lipinski definition) is 2. The molecule has 0 fully saturated rings. The van der Waals surface area contributed by atoms with E-state index in [9.17, 15) is 18.0 Å². The van der Waals surface area contributed by atoms with Gasteiger partial charge in [0.05, 0.1) is 25.4 Å². The molecule has 0 bridgehead atoms. The van der Waals surface area contributed by atoms with Gasteiger partial charge in [-0.1, -0.05) is 12.1 Å². The second-order valence-electron chi connectivity index (χ2n) is 4.30. The van der Waals surface area contributed by atoms with Gasteiger partial charge in [0.15, 0.2) is 0 Å². The van der Waals surface area contributed by atoms with Gasteiger partial charge in [-0.25, -0.2) is 0 Å². The maximum atomic E-state index is 12.4. The monoisotopic (exact) mass is 322 g/mol. The van der Waals surface area contributed by atoms with Crippen molar-refractivity contribution in [2.45, 2.75) is 11.1 Å². The van der Waals surface area contributed by atoms with Crippen LogP contribution < -0.4 is 5.32 Å². The normalized spacial score (nSPS) is 11.7. The number of aliphatic hydroxyl groups is 1. The predicted octanol–water partition coefficient (Wildman–Crippen LogP) is 2.20. The van der Waals surface area contributed by atoms with Gasteiger partial charge in [0, 0.05) is 11.4 Å². The summed E-state index contributed by atoms with van der Waals surface area (Å²) in [5.41, 5.74) is 0.561. The zero-order valence-corrected chi connectivity index (χ0v) is 12.3. The fourth-order valence-corrected chi connectivity index (χ4v) is 2.30. The van der Waals surface area contributed by atoms with Crippen molar-refractivity contribution in [2.24, 2.45) is 0 Å². The van der Waals surface area contributed by atoms with Crippen LogP contribution in [0.15, 0.2) is 29.2 Å². The lowest BCUT2D eigenvalue weighted by Gasteiger charge is -2.22. The summed E-state index contributed by atoms with van der Waals surface area (Å²) in [5, 5.41) is 11.4. The molecule has 0 aliphatic rings. The fraction of sp³-hybridized carbons (Fsp3) is 0.462. The summed E-state index contributed by atoms with van der Waals surface area (Å²) in [7, 11) is 0. The van der Waals surface area contributed by atoms with Crippen LogP contribution in [0.25, 0.3) is 0 Å². The maximum Gasteiger partial charge on any atom is 0.401 e. The molecule has 1 aromatic rings. The highest BCUT2D eigenvalue weighted by Gasteiger charge is 2.31. The number of benzene rings is 1. The van der Waals surface area contributed by atoms with Crippen LogP contribution in [0, 0.1) is 0 Å². The Labute approximate surface area is 125 Å². The summed E-state index contributed by atoms with van der Waals surface area (Å²) >= 11 is 1.43. The minimum absolute atomic E-state index is 0.211. The molecule has 0 aromatic heterocycles. The van der Waals surface area contributed by atoms with Gasteiger partial charge in [-0.05, 0) is 18.4 Å². The first kappa shape index (κ1) is 17.8. The molecule has 0 saturated carbocycles. The molecule has 0 heterocycles. The number of rotatable bonds is 7. The molecule has 4 nitrogen and oxygen atoms in total. The molecular formula is C13H17F3N2O2S. The number of para-hydroxylation sites is 1. The third-order valence-corrected chi connectivity index (χ3v) is 3.36. The van der Waals surface area contributed by atoms with E-state index in [1.165, 1.54) is 11.8 Å². The average Bonchev–Trinajstić information content (AvgIpc) is 2.37. The number of nitrogens with zero attached hydrogens (tertiary/aromatic N) is 1. The van der Waals surface area contributed by atoms with Crippen LogP contribution in [-0.4, -0.2) is 54.6 Å². The van der Waals surface area contributed by atoms with Crippen LogP contribution in [0.4, 0.5) is 18.9 Å². The van der Waals surface area contributed by atoms with E-state index < -0.39 is 31.8 Å². The molecule has 8 heteroatoms. The number of carbonyl (C=O) groups excluding carboxylic acids is 1. The molecule has 0 unspecified atom stereocenters. The molecule has 118 valence electrons. The molecule has 21 heavy (non-hydrogen) atoms. The van der Waals surface area contributed by atoms with E-state index in [0.717, 1.165) is 9.80 Å². The van der Waals surface area contributed by atoms with Gasteiger partial charge in [0.1, 0.15) is 0 Å². The Morgan fingerprint density at radius 3 is 2.62 bits per heavy atom. The zero-order valence-electron chi connectivity index (χ0n) is 11.5. The summed E-state index contributed by atoms with van der Waals surface area (Å²) in [6, 6.07) is 7.03. The topological polar surface area (TPSA) is 52.6 Å². The minimum atomic E-state index is -4.41. The van der Waals surface area contributed by atoms with E-state index in [1.807, 2.05) is 18.4 Å². The van der Waals surface area contributed by atoms with Crippen molar-refractivity contribution in [1.82, 2.24) is 4.90 Å². The SMILES string of the molecule is CSc1ccccc1NC(=O)CN(CCO)CC(F)(F)F. The second-order valence-corrected chi connectivity index (χ2v) is 5.15. The van der Waals surface area contributed by atoms with Gasteiger partial charge in [-0.2, -0.15) is 13.2 Å². The third kappa shape index (κ3) is 6.83. The molecule has 0 aliphatic heterocycles. The van der Waals surface area contributed by atoms with Gasteiger partial charge in [-0.3, -0.25) is 9.69 Å². The highest BCUT2D eigenvalue weighted by molar-refractivity contribution is 7.98. The number of halogens is 3. The third-order valence-electron chi connectivity index (χ3n) is 2.57. The molecule has 1 rings (SSSR count). The standard InChI is InChI=1S/C13H17F3N2O2S/c1-21-11-5-3-2-4-10(11)17-12(20)8-18(6-7-19)9-13(14,15)16/h2-5,19H,6-9H2,1H3,(H,17,20). The quantitative estimate of drug-likeness (QED) is 0.756. The van der Waals surface area contributed by atoms with Gasteiger partial charge in [0.2, 0.25) is 5.91 Å². The fourth-order valence-electron chi connectivity index (χ4n) is 1.75. The average molecular weight is 322 g/mol. The van der Waals surface area contributed by atoms with Gasteiger partial charge < -0.3 is 10.4 Å². The Morgan fingerprint density at radius 2 is 2.05 bits per heavy atom. The summed E-state index contributed by atoms with van der Waals surface area (Å²) in [4.78, 5) is 13.5. The Morgan fingerprint density at radius 1 is 1.38 bits per heavy atom. The van der Waals surface area contributed by atoms with Crippen LogP contribution in [-0.2, 0) is 4.79 Å². The number of alkyl halides is 3. The smallest absolute Gasteiger partial charge is 0.395 e. The van der Waals surface area contributed by atoms with Crippen molar-refractivity contribution >= 4 is 23.4 Å². The first-order valence-corrected chi connectivity index (χ1v) is 7.41. The summed E-state index contributed by atoms with van der Waals surface area (Å²) in [6.07, 6.45) is -2.57. The summed E-state index contributed by atoms with van der Waals surface area (Å²) < 4.78 is 37.1. The van der Waals surface area contributed by atoms with Crippen molar-refractivity contribution in [3.8, 4) is 0 Å². The largest absolute Gasteiger partial charge is 0.401 e.